The first-order valence-corrected chi connectivity index (χ1v) is 5.48. The van der Waals surface area contributed by atoms with Gasteiger partial charge in [-0.15, -0.1) is 6.58 Å². The minimum absolute atomic E-state index is 0.199. The van der Waals surface area contributed by atoms with Gasteiger partial charge < -0.3 is 0 Å². The lowest BCUT2D eigenvalue weighted by Gasteiger charge is -2.37. The molecular weight excluding hydrogens is 184 g/mol. The van der Waals surface area contributed by atoms with Gasteiger partial charge in [0, 0.05) is 11.8 Å². The number of hydrogen-bond donors (Lipinski definition) is 0. The molecule has 0 spiro atoms. The fourth-order valence-electron chi connectivity index (χ4n) is 2.14. The molecule has 0 aliphatic heterocycles. The molecule has 1 nitrogen and oxygen atoms in total. The zero-order valence-electron chi connectivity index (χ0n) is 8.91. The third-order valence-corrected chi connectivity index (χ3v) is 3.45. The van der Waals surface area contributed by atoms with Crippen LogP contribution in [0.1, 0.15) is 24.8 Å². The van der Waals surface area contributed by atoms with E-state index < -0.39 is 0 Å². The molecule has 15 heavy (non-hydrogen) atoms. The van der Waals surface area contributed by atoms with Gasteiger partial charge in [0.25, 0.3) is 0 Å². The summed E-state index contributed by atoms with van der Waals surface area (Å²) in [6, 6.07) is 10.3. The summed E-state index contributed by atoms with van der Waals surface area (Å²) in [5, 5.41) is 0. The number of benzene rings is 1. The van der Waals surface area contributed by atoms with E-state index in [0.29, 0.717) is 5.78 Å². The maximum Gasteiger partial charge on any atom is 0.142 e. The molecular formula is C14H16O. The van der Waals surface area contributed by atoms with Crippen molar-refractivity contribution in [1.82, 2.24) is 0 Å². The lowest BCUT2D eigenvalue weighted by atomic mass is 9.65. The van der Waals surface area contributed by atoms with Crippen molar-refractivity contribution in [2.45, 2.75) is 25.7 Å². The summed E-state index contributed by atoms with van der Waals surface area (Å²) in [4.78, 5) is 11.5. The van der Waals surface area contributed by atoms with Crippen molar-refractivity contribution in [3.05, 3.63) is 48.6 Å². The smallest absolute Gasteiger partial charge is 0.142 e. The van der Waals surface area contributed by atoms with Crippen molar-refractivity contribution in [3.63, 3.8) is 0 Å². The van der Waals surface area contributed by atoms with Crippen molar-refractivity contribution in [2.75, 3.05) is 0 Å². The van der Waals surface area contributed by atoms with Gasteiger partial charge in [-0.1, -0.05) is 36.4 Å². The molecule has 78 valence electrons. The normalized spacial score (nSPS) is 24.7. The van der Waals surface area contributed by atoms with Crippen LogP contribution in [0.5, 0.6) is 0 Å². The van der Waals surface area contributed by atoms with Gasteiger partial charge in [-0.3, -0.25) is 4.79 Å². The third-order valence-electron chi connectivity index (χ3n) is 3.45. The number of aryl methyl sites for hydroxylation is 1. The number of hydrogen-bond acceptors (Lipinski definition) is 1. The van der Waals surface area contributed by atoms with Crippen LogP contribution in [0.3, 0.4) is 0 Å². The maximum absolute atomic E-state index is 11.5. The number of carbonyl (C=O) groups excluding carboxylic acids is 1. The molecule has 1 aliphatic carbocycles. The van der Waals surface area contributed by atoms with E-state index in [1.165, 1.54) is 5.56 Å². The summed E-state index contributed by atoms with van der Waals surface area (Å²) in [7, 11) is 0. The third kappa shape index (κ3) is 1.87. The highest BCUT2D eigenvalue weighted by molar-refractivity contribution is 5.92. The van der Waals surface area contributed by atoms with E-state index in [9.17, 15) is 4.79 Å². The Hall–Kier alpha value is -1.37. The zero-order chi connectivity index (χ0) is 10.7. The van der Waals surface area contributed by atoms with Gasteiger partial charge in [-0.05, 0) is 24.8 Å². The van der Waals surface area contributed by atoms with Crippen LogP contribution < -0.4 is 0 Å². The van der Waals surface area contributed by atoms with Crippen molar-refractivity contribution < 1.29 is 4.79 Å². The highest BCUT2D eigenvalue weighted by atomic mass is 16.1. The molecule has 0 radical (unpaired) electrons. The zero-order valence-corrected chi connectivity index (χ0v) is 8.91. The second-order valence-electron chi connectivity index (χ2n) is 4.27. The molecule has 0 heterocycles. The van der Waals surface area contributed by atoms with Crippen LogP contribution in [0.4, 0.5) is 0 Å². The van der Waals surface area contributed by atoms with E-state index in [0.717, 1.165) is 25.7 Å². The molecule has 0 aromatic heterocycles. The van der Waals surface area contributed by atoms with E-state index in [4.69, 9.17) is 0 Å². The quantitative estimate of drug-likeness (QED) is 0.682. The standard InChI is InChI=1S/C14H16O/c1-2-14(11-9-13(14)15)10-8-12-6-4-3-5-7-12/h2-7H,1,8-11H2/t14-/m1/s1. The molecule has 0 amide bonds. The van der Waals surface area contributed by atoms with Crippen LogP contribution in [0, 0.1) is 5.41 Å². The number of allylic oxidation sites excluding steroid dienone is 1. The Kier molecular flexibility index (Phi) is 2.72. The maximum atomic E-state index is 11.5. The fourth-order valence-corrected chi connectivity index (χ4v) is 2.14. The lowest BCUT2D eigenvalue weighted by molar-refractivity contribution is -0.134. The largest absolute Gasteiger partial charge is 0.299 e. The Bertz CT molecular complexity index is 366. The summed E-state index contributed by atoms with van der Waals surface area (Å²) >= 11 is 0. The lowest BCUT2D eigenvalue weighted by Crippen LogP contribution is -2.39. The predicted molar refractivity (Wildman–Crippen MR) is 61.6 cm³/mol. The molecule has 1 atom stereocenters. The molecule has 1 aliphatic rings. The summed E-state index contributed by atoms with van der Waals surface area (Å²) in [6.07, 6.45) is 5.46. The molecule has 1 fully saturated rings. The van der Waals surface area contributed by atoms with Gasteiger partial charge in [0.2, 0.25) is 0 Å². The van der Waals surface area contributed by atoms with Gasteiger partial charge in [0.15, 0.2) is 0 Å². The van der Waals surface area contributed by atoms with E-state index in [1.807, 2.05) is 24.3 Å². The van der Waals surface area contributed by atoms with Gasteiger partial charge in [-0.2, -0.15) is 0 Å². The highest BCUT2D eigenvalue weighted by Crippen LogP contribution is 2.42. The Morgan fingerprint density at radius 2 is 2.07 bits per heavy atom. The second-order valence-corrected chi connectivity index (χ2v) is 4.27. The van der Waals surface area contributed by atoms with Gasteiger partial charge in [-0.25, -0.2) is 0 Å². The van der Waals surface area contributed by atoms with E-state index in [2.05, 4.69) is 18.7 Å². The summed E-state index contributed by atoms with van der Waals surface area (Å²) in [5.74, 6) is 0.369. The van der Waals surface area contributed by atoms with Crippen LogP contribution in [0.25, 0.3) is 0 Å². The van der Waals surface area contributed by atoms with Crippen molar-refractivity contribution in [2.24, 2.45) is 5.41 Å². The second kappa shape index (κ2) is 4.01. The summed E-state index contributed by atoms with van der Waals surface area (Å²) in [6.45, 7) is 3.80. The van der Waals surface area contributed by atoms with Gasteiger partial charge >= 0.3 is 0 Å². The predicted octanol–water partition coefficient (Wildman–Crippen LogP) is 3.15. The van der Waals surface area contributed by atoms with E-state index >= 15 is 0 Å². The molecule has 0 unspecified atom stereocenters. The SMILES string of the molecule is C=C[C@@]1(CCc2ccccc2)CCC1=O. The van der Waals surface area contributed by atoms with E-state index in [1.54, 1.807) is 0 Å². The average molecular weight is 200 g/mol. The average Bonchev–Trinajstić information content (AvgIpc) is 2.30. The Morgan fingerprint density at radius 3 is 2.53 bits per heavy atom. The number of ketones is 1. The number of rotatable bonds is 4. The first-order chi connectivity index (χ1) is 7.27. The molecule has 1 saturated carbocycles. The van der Waals surface area contributed by atoms with Crippen molar-refractivity contribution in [1.29, 1.82) is 0 Å². The van der Waals surface area contributed by atoms with Crippen LogP contribution in [0.15, 0.2) is 43.0 Å². The van der Waals surface area contributed by atoms with Gasteiger partial charge in [0.1, 0.15) is 5.78 Å². The molecule has 1 aromatic carbocycles. The first-order valence-electron chi connectivity index (χ1n) is 5.48. The van der Waals surface area contributed by atoms with E-state index in [-0.39, 0.29) is 5.41 Å². The molecule has 0 N–H and O–H groups in total. The topological polar surface area (TPSA) is 17.1 Å². The monoisotopic (exact) mass is 200 g/mol. The van der Waals surface area contributed by atoms with Crippen LogP contribution in [-0.2, 0) is 11.2 Å². The van der Waals surface area contributed by atoms with Gasteiger partial charge in [0.05, 0.1) is 0 Å². The minimum Gasteiger partial charge on any atom is -0.299 e. The Labute approximate surface area is 90.8 Å². The van der Waals surface area contributed by atoms with Crippen LogP contribution >= 0.6 is 0 Å². The molecule has 0 bridgehead atoms. The summed E-state index contributed by atoms with van der Waals surface area (Å²) < 4.78 is 0. The van der Waals surface area contributed by atoms with Crippen LogP contribution in [0.2, 0.25) is 0 Å². The molecule has 1 aromatic rings. The molecule has 0 saturated heterocycles. The number of carbonyl (C=O) groups is 1. The van der Waals surface area contributed by atoms with Crippen molar-refractivity contribution in [3.8, 4) is 0 Å². The van der Waals surface area contributed by atoms with Crippen LogP contribution in [-0.4, -0.2) is 5.78 Å². The number of Topliss-reactive ketones (excluding diaryl/α,β-unsaturated/α-hetero) is 1. The Balaban J connectivity index is 1.98. The fraction of sp³-hybridized carbons (Fsp3) is 0.357. The highest BCUT2D eigenvalue weighted by Gasteiger charge is 2.42. The molecule has 1 heteroatoms. The van der Waals surface area contributed by atoms with Crippen molar-refractivity contribution >= 4 is 5.78 Å². The Morgan fingerprint density at radius 1 is 1.33 bits per heavy atom. The minimum atomic E-state index is -0.199. The summed E-state index contributed by atoms with van der Waals surface area (Å²) in [5.41, 5.74) is 1.11. The first kappa shape index (κ1) is 10.2. The molecule has 2 rings (SSSR count).